The molecular weight excluding hydrogens is 248 g/mol. The number of carbonyl (C=O) groups excluding carboxylic acids is 1. The number of fused-ring (bicyclic) bond motifs is 1. The van der Waals surface area contributed by atoms with Gasteiger partial charge in [0.15, 0.2) is 5.69 Å². The molecule has 0 bridgehead atoms. The summed E-state index contributed by atoms with van der Waals surface area (Å²) in [7, 11) is 0. The Morgan fingerprint density at radius 2 is 2.06 bits per heavy atom. The summed E-state index contributed by atoms with van der Waals surface area (Å²) in [6.07, 6.45) is 1.85. The third kappa shape index (κ3) is 1.78. The molecule has 0 N–H and O–H groups in total. The van der Waals surface area contributed by atoms with Gasteiger partial charge in [-0.25, -0.2) is 0 Å². The van der Waals surface area contributed by atoms with Crippen LogP contribution in [0.25, 0.3) is 0 Å². The van der Waals surface area contributed by atoms with E-state index in [0.29, 0.717) is 24.5 Å². The molecule has 0 aliphatic carbocycles. The largest absolute Gasteiger partial charge is 0.328 e. The number of nitrogens with zero attached hydrogens (tertiary/aromatic N) is 4. The number of carbonyl (C=O) groups is 1. The Morgan fingerprint density at radius 3 is 2.78 bits per heavy atom. The highest BCUT2D eigenvalue weighted by molar-refractivity contribution is 6.99. The molecule has 92 valence electrons. The molecule has 18 heavy (non-hydrogen) atoms. The Hall–Kier alpha value is -1.82. The summed E-state index contributed by atoms with van der Waals surface area (Å²) in [6.45, 7) is 5.01. The second-order valence-electron chi connectivity index (χ2n) is 4.45. The van der Waals surface area contributed by atoms with Crippen LogP contribution >= 0.6 is 11.7 Å². The standard InChI is InChI=1S/C12H12N4OS/c1-7-3-9-5-16(6-10(9)4-13-7)12(17)11-8(2)14-18-15-11/h3-4H,5-6H2,1-2H3. The van der Waals surface area contributed by atoms with E-state index in [-0.39, 0.29) is 5.91 Å². The molecule has 1 aliphatic rings. The lowest BCUT2D eigenvalue weighted by Gasteiger charge is -2.13. The maximum Gasteiger partial charge on any atom is 0.276 e. The van der Waals surface area contributed by atoms with Gasteiger partial charge in [0, 0.05) is 25.0 Å². The maximum absolute atomic E-state index is 12.3. The molecule has 5 nitrogen and oxygen atoms in total. The zero-order valence-corrected chi connectivity index (χ0v) is 11.0. The Morgan fingerprint density at radius 1 is 1.28 bits per heavy atom. The Kier molecular flexibility index (Phi) is 2.59. The fourth-order valence-corrected chi connectivity index (χ4v) is 2.66. The van der Waals surface area contributed by atoms with E-state index in [4.69, 9.17) is 0 Å². The first-order valence-corrected chi connectivity index (χ1v) is 6.41. The summed E-state index contributed by atoms with van der Waals surface area (Å²) in [6, 6.07) is 2.04. The van der Waals surface area contributed by atoms with Crippen molar-refractivity contribution in [1.82, 2.24) is 18.6 Å². The van der Waals surface area contributed by atoms with Gasteiger partial charge in [0.1, 0.15) is 0 Å². The number of pyridine rings is 1. The summed E-state index contributed by atoms with van der Waals surface area (Å²) in [5.74, 6) is -0.0462. The molecule has 6 heteroatoms. The van der Waals surface area contributed by atoms with Crippen LogP contribution in [0.2, 0.25) is 0 Å². The Balaban J connectivity index is 1.86. The van der Waals surface area contributed by atoms with E-state index < -0.39 is 0 Å². The Labute approximate surface area is 109 Å². The van der Waals surface area contributed by atoms with Crippen molar-refractivity contribution in [2.45, 2.75) is 26.9 Å². The van der Waals surface area contributed by atoms with E-state index in [0.717, 1.165) is 23.0 Å². The zero-order valence-electron chi connectivity index (χ0n) is 10.2. The lowest BCUT2D eigenvalue weighted by Crippen LogP contribution is -2.26. The summed E-state index contributed by atoms with van der Waals surface area (Å²) in [4.78, 5) is 18.3. The zero-order chi connectivity index (χ0) is 12.7. The van der Waals surface area contributed by atoms with Crippen molar-refractivity contribution < 1.29 is 4.79 Å². The predicted molar refractivity (Wildman–Crippen MR) is 67.2 cm³/mol. The first-order chi connectivity index (χ1) is 8.65. The van der Waals surface area contributed by atoms with Crippen LogP contribution in [0, 0.1) is 13.8 Å². The van der Waals surface area contributed by atoms with Crippen molar-refractivity contribution in [2.24, 2.45) is 0 Å². The molecule has 0 spiro atoms. The van der Waals surface area contributed by atoms with Gasteiger partial charge in [-0.2, -0.15) is 8.75 Å². The summed E-state index contributed by atoms with van der Waals surface area (Å²) >= 11 is 1.08. The van der Waals surface area contributed by atoms with Gasteiger partial charge in [-0.05, 0) is 31.0 Å². The molecule has 0 unspecified atom stereocenters. The van der Waals surface area contributed by atoms with Gasteiger partial charge in [-0.3, -0.25) is 9.78 Å². The number of aryl methyl sites for hydroxylation is 2. The Bertz CT molecular complexity index is 622. The van der Waals surface area contributed by atoms with Gasteiger partial charge < -0.3 is 4.90 Å². The van der Waals surface area contributed by atoms with Crippen LogP contribution in [0.1, 0.15) is 33.0 Å². The van der Waals surface area contributed by atoms with Gasteiger partial charge in [0.25, 0.3) is 5.91 Å². The van der Waals surface area contributed by atoms with Crippen LogP contribution in [0.4, 0.5) is 0 Å². The highest BCUT2D eigenvalue weighted by Crippen LogP contribution is 2.24. The predicted octanol–water partition coefficient (Wildman–Crippen LogP) is 1.71. The summed E-state index contributed by atoms with van der Waals surface area (Å²) < 4.78 is 8.11. The van der Waals surface area contributed by atoms with Gasteiger partial charge in [-0.1, -0.05) is 0 Å². The number of aromatic nitrogens is 3. The van der Waals surface area contributed by atoms with Crippen molar-refractivity contribution in [3.05, 3.63) is 40.5 Å². The third-order valence-electron chi connectivity index (χ3n) is 3.08. The van der Waals surface area contributed by atoms with E-state index in [9.17, 15) is 4.79 Å². The molecule has 1 amide bonds. The van der Waals surface area contributed by atoms with Gasteiger partial charge >= 0.3 is 0 Å². The average molecular weight is 260 g/mol. The molecule has 2 aromatic heterocycles. The molecule has 0 fully saturated rings. The number of hydrogen-bond donors (Lipinski definition) is 0. The average Bonchev–Trinajstić information content (AvgIpc) is 2.93. The van der Waals surface area contributed by atoms with Crippen molar-refractivity contribution in [2.75, 3.05) is 0 Å². The van der Waals surface area contributed by atoms with Gasteiger partial charge in [0.05, 0.1) is 17.4 Å². The summed E-state index contributed by atoms with van der Waals surface area (Å²) in [5, 5.41) is 0. The first-order valence-electron chi connectivity index (χ1n) is 5.68. The van der Waals surface area contributed by atoms with Crippen molar-refractivity contribution in [1.29, 1.82) is 0 Å². The smallest absolute Gasteiger partial charge is 0.276 e. The van der Waals surface area contributed by atoms with Crippen molar-refractivity contribution in [3.63, 3.8) is 0 Å². The molecule has 1 aliphatic heterocycles. The quantitative estimate of drug-likeness (QED) is 0.783. The van der Waals surface area contributed by atoms with E-state index in [1.54, 1.807) is 4.90 Å². The summed E-state index contributed by atoms with van der Waals surface area (Å²) in [5.41, 5.74) is 4.45. The van der Waals surface area contributed by atoms with Crippen molar-refractivity contribution >= 4 is 17.6 Å². The molecule has 0 atom stereocenters. The molecule has 0 saturated heterocycles. The van der Waals surface area contributed by atoms with E-state index in [1.165, 1.54) is 5.56 Å². The molecule has 0 aromatic carbocycles. The van der Waals surface area contributed by atoms with E-state index in [2.05, 4.69) is 13.7 Å². The fraction of sp³-hybridized carbons (Fsp3) is 0.333. The molecule has 0 radical (unpaired) electrons. The second-order valence-corrected chi connectivity index (χ2v) is 4.98. The minimum Gasteiger partial charge on any atom is -0.328 e. The minimum atomic E-state index is -0.0462. The van der Waals surface area contributed by atoms with Crippen molar-refractivity contribution in [3.8, 4) is 0 Å². The van der Waals surface area contributed by atoms with Gasteiger partial charge in [0.2, 0.25) is 0 Å². The molecule has 3 heterocycles. The van der Waals surface area contributed by atoms with E-state index >= 15 is 0 Å². The normalized spacial score (nSPS) is 13.8. The van der Waals surface area contributed by atoms with Crippen LogP contribution < -0.4 is 0 Å². The van der Waals surface area contributed by atoms with E-state index in [1.807, 2.05) is 26.1 Å². The highest BCUT2D eigenvalue weighted by Gasteiger charge is 2.27. The topological polar surface area (TPSA) is 59.0 Å². The fourth-order valence-electron chi connectivity index (χ4n) is 2.12. The van der Waals surface area contributed by atoms with Crippen LogP contribution in [-0.4, -0.2) is 24.5 Å². The molecular formula is C12H12N4OS. The van der Waals surface area contributed by atoms with Crippen LogP contribution in [-0.2, 0) is 13.1 Å². The molecule has 0 saturated carbocycles. The number of rotatable bonds is 1. The number of hydrogen-bond acceptors (Lipinski definition) is 5. The minimum absolute atomic E-state index is 0.0462. The lowest BCUT2D eigenvalue weighted by molar-refractivity contribution is 0.0745. The second kappa shape index (κ2) is 4.13. The highest BCUT2D eigenvalue weighted by atomic mass is 32.1. The van der Waals surface area contributed by atoms with Crippen LogP contribution in [0.15, 0.2) is 12.3 Å². The van der Waals surface area contributed by atoms with Crippen LogP contribution in [0.3, 0.4) is 0 Å². The first kappa shape index (κ1) is 11.3. The molecule has 2 aromatic rings. The maximum atomic E-state index is 12.3. The lowest BCUT2D eigenvalue weighted by atomic mass is 10.2. The van der Waals surface area contributed by atoms with Gasteiger partial charge in [-0.15, -0.1) is 0 Å². The molecule has 3 rings (SSSR count). The SMILES string of the molecule is Cc1cc2c(cn1)CN(C(=O)c1nsnc1C)C2. The third-order valence-corrected chi connectivity index (χ3v) is 3.70. The monoisotopic (exact) mass is 260 g/mol. The number of amides is 1. The van der Waals surface area contributed by atoms with Crippen LogP contribution in [0.5, 0.6) is 0 Å².